The number of rotatable bonds is 5. The van der Waals surface area contributed by atoms with Crippen LogP contribution in [-0.4, -0.2) is 47.1 Å². The van der Waals surface area contributed by atoms with Gasteiger partial charge in [-0.2, -0.15) is 0 Å². The van der Waals surface area contributed by atoms with Gasteiger partial charge in [-0.15, -0.1) is 0 Å². The monoisotopic (exact) mass is 270 g/mol. The van der Waals surface area contributed by atoms with Crippen molar-refractivity contribution in [2.75, 3.05) is 26.2 Å². The van der Waals surface area contributed by atoms with Crippen LogP contribution in [0.15, 0.2) is 42.9 Å². The van der Waals surface area contributed by atoms with Crippen molar-refractivity contribution in [1.29, 1.82) is 0 Å². The van der Waals surface area contributed by atoms with E-state index in [-0.39, 0.29) is 0 Å². The molecule has 2 heterocycles. The Morgan fingerprint density at radius 1 is 1.25 bits per heavy atom. The van der Waals surface area contributed by atoms with Crippen molar-refractivity contribution in [1.82, 2.24) is 20.2 Å². The van der Waals surface area contributed by atoms with Gasteiger partial charge in [-0.05, 0) is 12.0 Å². The van der Waals surface area contributed by atoms with E-state index < -0.39 is 0 Å². The number of nitrogens with one attached hydrogen (secondary N) is 2. The maximum absolute atomic E-state index is 4.11. The van der Waals surface area contributed by atoms with E-state index in [2.05, 4.69) is 50.5 Å². The number of imidazole rings is 1. The first kappa shape index (κ1) is 13.3. The number of aromatic nitrogens is 2. The fourth-order valence-electron chi connectivity index (χ4n) is 2.87. The molecule has 0 aliphatic carbocycles. The molecular formula is C16H22N4. The third-order valence-corrected chi connectivity index (χ3v) is 4.01. The lowest BCUT2D eigenvalue weighted by atomic mass is 10.1. The van der Waals surface area contributed by atoms with Crippen LogP contribution in [0.5, 0.6) is 0 Å². The van der Waals surface area contributed by atoms with Crippen LogP contribution in [0.1, 0.15) is 11.3 Å². The topological polar surface area (TPSA) is 44.0 Å². The summed E-state index contributed by atoms with van der Waals surface area (Å²) in [5.74, 6) is 0. The van der Waals surface area contributed by atoms with Gasteiger partial charge in [0.25, 0.3) is 0 Å². The first-order valence-corrected chi connectivity index (χ1v) is 7.38. The van der Waals surface area contributed by atoms with E-state index in [4.69, 9.17) is 0 Å². The highest BCUT2D eigenvalue weighted by molar-refractivity contribution is 5.15. The molecule has 1 fully saturated rings. The number of H-pyrrole nitrogens is 1. The average Bonchev–Trinajstić information content (AvgIpc) is 3.00. The van der Waals surface area contributed by atoms with Crippen LogP contribution in [0.4, 0.5) is 0 Å². The largest absolute Gasteiger partial charge is 0.348 e. The molecular weight excluding hydrogens is 248 g/mol. The van der Waals surface area contributed by atoms with Gasteiger partial charge in [0.05, 0.1) is 6.33 Å². The molecule has 1 aliphatic heterocycles. The number of piperazine rings is 1. The minimum absolute atomic E-state index is 0.563. The summed E-state index contributed by atoms with van der Waals surface area (Å²) in [4.78, 5) is 9.93. The minimum atomic E-state index is 0.563. The van der Waals surface area contributed by atoms with E-state index in [1.165, 1.54) is 11.3 Å². The number of hydrogen-bond donors (Lipinski definition) is 2. The molecule has 1 saturated heterocycles. The summed E-state index contributed by atoms with van der Waals surface area (Å²) in [5, 5.41) is 3.50. The standard InChI is InChI=1S/C16H22N4/c1-2-4-14(5-3-1)6-8-20-9-7-17-12-16(20)10-15-11-18-13-19-15/h1-5,11,13,16-17H,6-10,12H2,(H,18,19). The second kappa shape index (κ2) is 6.68. The van der Waals surface area contributed by atoms with Crippen molar-refractivity contribution in [3.05, 3.63) is 54.1 Å². The van der Waals surface area contributed by atoms with Crippen molar-refractivity contribution in [2.24, 2.45) is 0 Å². The number of nitrogens with zero attached hydrogens (tertiary/aromatic N) is 2. The molecule has 1 aromatic heterocycles. The van der Waals surface area contributed by atoms with E-state index in [0.717, 1.165) is 39.0 Å². The van der Waals surface area contributed by atoms with Gasteiger partial charge in [-0.1, -0.05) is 30.3 Å². The molecule has 2 N–H and O–H groups in total. The maximum atomic E-state index is 4.11. The zero-order valence-electron chi connectivity index (χ0n) is 11.8. The third-order valence-electron chi connectivity index (χ3n) is 4.01. The molecule has 1 atom stereocenters. The lowest BCUT2D eigenvalue weighted by Crippen LogP contribution is -2.52. The average molecular weight is 270 g/mol. The zero-order chi connectivity index (χ0) is 13.6. The lowest BCUT2D eigenvalue weighted by molar-refractivity contribution is 0.161. The zero-order valence-corrected chi connectivity index (χ0v) is 11.8. The second-order valence-electron chi connectivity index (χ2n) is 5.41. The fraction of sp³-hybridized carbons (Fsp3) is 0.438. The van der Waals surface area contributed by atoms with E-state index in [9.17, 15) is 0 Å². The predicted molar refractivity (Wildman–Crippen MR) is 80.7 cm³/mol. The Bertz CT molecular complexity index is 494. The van der Waals surface area contributed by atoms with Crippen LogP contribution in [0.2, 0.25) is 0 Å². The van der Waals surface area contributed by atoms with Crippen molar-refractivity contribution >= 4 is 0 Å². The predicted octanol–water partition coefficient (Wildman–Crippen LogP) is 1.47. The van der Waals surface area contributed by atoms with Crippen LogP contribution in [0.3, 0.4) is 0 Å². The van der Waals surface area contributed by atoms with Crippen molar-refractivity contribution in [3.63, 3.8) is 0 Å². The summed E-state index contributed by atoms with van der Waals surface area (Å²) >= 11 is 0. The number of hydrogen-bond acceptors (Lipinski definition) is 3. The smallest absolute Gasteiger partial charge is 0.0921 e. The van der Waals surface area contributed by atoms with E-state index >= 15 is 0 Å². The highest BCUT2D eigenvalue weighted by atomic mass is 15.2. The fourth-order valence-corrected chi connectivity index (χ4v) is 2.87. The quantitative estimate of drug-likeness (QED) is 0.865. The highest BCUT2D eigenvalue weighted by Crippen LogP contribution is 2.11. The molecule has 20 heavy (non-hydrogen) atoms. The first-order valence-electron chi connectivity index (χ1n) is 7.38. The molecule has 4 nitrogen and oxygen atoms in total. The van der Waals surface area contributed by atoms with Crippen molar-refractivity contribution in [3.8, 4) is 0 Å². The molecule has 1 aliphatic rings. The summed E-state index contributed by atoms with van der Waals surface area (Å²) in [5.41, 5.74) is 2.65. The Labute approximate surface area is 120 Å². The summed E-state index contributed by atoms with van der Waals surface area (Å²) in [6.45, 7) is 4.41. The maximum Gasteiger partial charge on any atom is 0.0921 e. The van der Waals surface area contributed by atoms with Gasteiger partial charge in [0, 0.05) is 50.5 Å². The molecule has 3 rings (SSSR count). The van der Waals surface area contributed by atoms with E-state index in [1.807, 2.05) is 6.20 Å². The van der Waals surface area contributed by atoms with Crippen LogP contribution in [0.25, 0.3) is 0 Å². The number of aromatic amines is 1. The summed E-state index contributed by atoms with van der Waals surface area (Å²) in [6, 6.07) is 11.3. The van der Waals surface area contributed by atoms with Gasteiger partial charge < -0.3 is 10.3 Å². The SMILES string of the molecule is c1ccc(CCN2CCNCC2Cc2cnc[nH]2)cc1. The van der Waals surface area contributed by atoms with Gasteiger partial charge in [-0.3, -0.25) is 4.90 Å². The van der Waals surface area contributed by atoms with Crippen LogP contribution in [-0.2, 0) is 12.8 Å². The van der Waals surface area contributed by atoms with Gasteiger partial charge in [0.15, 0.2) is 0 Å². The second-order valence-corrected chi connectivity index (χ2v) is 5.41. The molecule has 0 amide bonds. The van der Waals surface area contributed by atoms with Gasteiger partial charge in [0.1, 0.15) is 0 Å². The van der Waals surface area contributed by atoms with Gasteiger partial charge >= 0.3 is 0 Å². The van der Waals surface area contributed by atoms with E-state index in [0.29, 0.717) is 6.04 Å². The Hall–Kier alpha value is -1.65. The Kier molecular flexibility index (Phi) is 4.46. The van der Waals surface area contributed by atoms with Gasteiger partial charge in [-0.25, -0.2) is 4.98 Å². The molecule has 0 bridgehead atoms. The summed E-state index contributed by atoms with van der Waals surface area (Å²) < 4.78 is 0. The van der Waals surface area contributed by atoms with Crippen molar-refractivity contribution < 1.29 is 0 Å². The molecule has 1 aromatic carbocycles. The summed E-state index contributed by atoms with van der Waals surface area (Å²) in [7, 11) is 0. The molecule has 4 heteroatoms. The van der Waals surface area contributed by atoms with E-state index in [1.54, 1.807) is 6.33 Å². The molecule has 2 aromatic rings. The Balaban J connectivity index is 1.57. The normalized spacial score (nSPS) is 20.1. The van der Waals surface area contributed by atoms with Crippen LogP contribution in [0, 0.1) is 0 Å². The molecule has 0 spiro atoms. The Morgan fingerprint density at radius 3 is 2.95 bits per heavy atom. The lowest BCUT2D eigenvalue weighted by Gasteiger charge is -2.36. The number of benzene rings is 1. The Morgan fingerprint density at radius 2 is 2.15 bits per heavy atom. The highest BCUT2D eigenvalue weighted by Gasteiger charge is 2.22. The van der Waals surface area contributed by atoms with Gasteiger partial charge in [0.2, 0.25) is 0 Å². The third kappa shape index (κ3) is 3.46. The molecule has 0 radical (unpaired) electrons. The molecule has 106 valence electrons. The first-order chi connectivity index (χ1) is 9.92. The molecule has 1 unspecified atom stereocenters. The van der Waals surface area contributed by atoms with Crippen LogP contribution < -0.4 is 5.32 Å². The molecule has 0 saturated carbocycles. The van der Waals surface area contributed by atoms with Crippen LogP contribution >= 0.6 is 0 Å². The van der Waals surface area contributed by atoms with Crippen molar-refractivity contribution in [2.45, 2.75) is 18.9 Å². The minimum Gasteiger partial charge on any atom is -0.348 e. The summed E-state index contributed by atoms with van der Waals surface area (Å²) in [6.07, 6.45) is 5.87.